The fourth-order valence-corrected chi connectivity index (χ4v) is 4.47. The molecule has 182 valence electrons. The smallest absolute Gasteiger partial charge is 0.247 e. The van der Waals surface area contributed by atoms with E-state index in [0.717, 1.165) is 33.5 Å². The molecule has 2 aromatic carbocycles. The van der Waals surface area contributed by atoms with Gasteiger partial charge in [-0.05, 0) is 47.9 Å². The summed E-state index contributed by atoms with van der Waals surface area (Å²) >= 11 is 12.6. The lowest BCUT2D eigenvalue weighted by molar-refractivity contribution is -0.116. The Kier molecular flexibility index (Phi) is 6.63. The number of pyridine rings is 1. The Morgan fingerprint density at radius 1 is 1.03 bits per heavy atom. The second-order valence-electron chi connectivity index (χ2n) is 8.19. The molecule has 0 atom stereocenters. The zero-order valence-corrected chi connectivity index (χ0v) is 21.1. The second-order valence-corrected chi connectivity index (χ2v) is 9.01. The third-order valence-electron chi connectivity index (χ3n) is 5.77. The molecule has 5 aromatic rings. The summed E-state index contributed by atoms with van der Waals surface area (Å²) in [7, 11) is 1.63. The number of halogens is 2. The topological polar surface area (TPSA) is 86.9 Å². The lowest BCUT2D eigenvalue weighted by atomic mass is 10.0. The van der Waals surface area contributed by atoms with Crippen molar-refractivity contribution >= 4 is 46.0 Å². The molecule has 0 spiro atoms. The molecule has 0 aliphatic rings. The molecule has 10 heteroatoms. The first kappa shape index (κ1) is 23.8. The van der Waals surface area contributed by atoms with E-state index in [1.807, 2.05) is 61.5 Å². The summed E-state index contributed by atoms with van der Waals surface area (Å²) in [5, 5.41) is 13.6. The molecule has 0 aliphatic carbocycles. The monoisotopic (exact) mass is 520 g/mol. The number of nitrogens with zero attached hydrogens (tertiary/aromatic N) is 5. The zero-order chi connectivity index (χ0) is 25.2. The van der Waals surface area contributed by atoms with Crippen LogP contribution in [0.25, 0.3) is 22.2 Å². The molecule has 36 heavy (non-hydrogen) atoms. The summed E-state index contributed by atoms with van der Waals surface area (Å²) in [5.41, 5.74) is 4.28. The number of ether oxygens (including phenoxy) is 1. The van der Waals surface area contributed by atoms with Crippen molar-refractivity contribution in [3.8, 4) is 16.9 Å². The third kappa shape index (κ3) is 4.78. The van der Waals surface area contributed by atoms with Crippen molar-refractivity contribution in [2.45, 2.75) is 20.0 Å². The van der Waals surface area contributed by atoms with E-state index in [2.05, 4.69) is 20.5 Å². The highest BCUT2D eigenvalue weighted by molar-refractivity contribution is 6.33. The number of nitrogens with one attached hydrogen (secondary N) is 1. The van der Waals surface area contributed by atoms with Crippen LogP contribution in [0.1, 0.15) is 11.3 Å². The van der Waals surface area contributed by atoms with Crippen molar-refractivity contribution in [3.63, 3.8) is 0 Å². The first-order valence-corrected chi connectivity index (χ1v) is 11.9. The summed E-state index contributed by atoms with van der Waals surface area (Å²) < 4.78 is 8.48. The number of aromatic nitrogens is 5. The second kappa shape index (κ2) is 10.0. The number of anilines is 1. The predicted molar refractivity (Wildman–Crippen MR) is 141 cm³/mol. The van der Waals surface area contributed by atoms with Crippen LogP contribution in [-0.2, 0) is 17.9 Å². The molecule has 0 saturated heterocycles. The number of amides is 1. The van der Waals surface area contributed by atoms with Gasteiger partial charge in [-0.1, -0.05) is 53.5 Å². The molecule has 0 saturated carbocycles. The number of hydrogen-bond acceptors (Lipinski definition) is 5. The molecule has 0 aliphatic heterocycles. The highest BCUT2D eigenvalue weighted by Crippen LogP contribution is 2.31. The lowest BCUT2D eigenvalue weighted by Gasteiger charge is -2.07. The maximum atomic E-state index is 12.9. The van der Waals surface area contributed by atoms with Gasteiger partial charge in [0, 0.05) is 22.8 Å². The van der Waals surface area contributed by atoms with E-state index in [4.69, 9.17) is 27.9 Å². The first-order valence-electron chi connectivity index (χ1n) is 11.2. The van der Waals surface area contributed by atoms with Gasteiger partial charge in [0.25, 0.3) is 0 Å². The van der Waals surface area contributed by atoms with Gasteiger partial charge in [0.2, 0.25) is 5.91 Å². The van der Waals surface area contributed by atoms with Crippen LogP contribution in [0.15, 0.2) is 67.0 Å². The highest BCUT2D eigenvalue weighted by atomic mass is 35.5. The third-order valence-corrected chi connectivity index (χ3v) is 6.41. The number of hydrogen-bond donors (Lipinski definition) is 1. The molecular weight excluding hydrogens is 499 g/mol. The van der Waals surface area contributed by atoms with Crippen LogP contribution in [0.2, 0.25) is 10.0 Å². The molecule has 8 nitrogen and oxygen atoms in total. The van der Waals surface area contributed by atoms with E-state index in [-0.39, 0.29) is 18.3 Å². The van der Waals surface area contributed by atoms with Crippen LogP contribution in [0, 0.1) is 6.92 Å². The molecule has 5 rings (SSSR count). The summed E-state index contributed by atoms with van der Waals surface area (Å²) in [6.45, 7) is 2.28. The van der Waals surface area contributed by atoms with Crippen LogP contribution < -0.4 is 10.1 Å². The average molecular weight is 521 g/mol. The number of rotatable bonds is 7. The molecule has 0 radical (unpaired) electrons. The molecule has 0 bridgehead atoms. The number of benzene rings is 2. The fourth-order valence-electron chi connectivity index (χ4n) is 4.07. The van der Waals surface area contributed by atoms with Crippen molar-refractivity contribution in [1.82, 2.24) is 24.5 Å². The van der Waals surface area contributed by atoms with Crippen LogP contribution in [0.5, 0.6) is 5.75 Å². The van der Waals surface area contributed by atoms with Gasteiger partial charge in [-0.15, -0.1) is 0 Å². The van der Waals surface area contributed by atoms with Gasteiger partial charge < -0.3 is 10.1 Å². The molecule has 0 unspecified atom stereocenters. The number of carbonyl (C=O) groups is 1. The summed E-state index contributed by atoms with van der Waals surface area (Å²) in [6, 6.07) is 17.2. The Morgan fingerprint density at radius 3 is 2.56 bits per heavy atom. The minimum Gasteiger partial charge on any atom is -0.497 e. The van der Waals surface area contributed by atoms with Gasteiger partial charge in [0.05, 0.1) is 19.3 Å². The van der Waals surface area contributed by atoms with E-state index in [9.17, 15) is 4.79 Å². The summed E-state index contributed by atoms with van der Waals surface area (Å²) in [6.07, 6.45) is 3.36. The van der Waals surface area contributed by atoms with Crippen LogP contribution in [0.3, 0.4) is 0 Å². The number of carbonyl (C=O) groups excluding carboxylic acids is 1. The van der Waals surface area contributed by atoms with Crippen LogP contribution >= 0.6 is 23.2 Å². The average Bonchev–Trinajstić information content (AvgIpc) is 3.38. The van der Waals surface area contributed by atoms with Gasteiger partial charge in [0.1, 0.15) is 17.3 Å². The van der Waals surface area contributed by atoms with Gasteiger partial charge >= 0.3 is 0 Å². The Labute approximate surface area is 217 Å². The van der Waals surface area contributed by atoms with Crippen LogP contribution in [-0.4, -0.2) is 37.6 Å². The van der Waals surface area contributed by atoms with E-state index >= 15 is 0 Å². The number of methoxy groups -OCH3 is 1. The van der Waals surface area contributed by atoms with Gasteiger partial charge in [0.15, 0.2) is 11.5 Å². The SMILES string of the molecule is COc1ccc(-c2ccnc3c2c(C)nn3CC(=O)Nc2nn(Cc3ccccc3Cl)cc2Cl)cc1. The normalized spacial score (nSPS) is 11.1. The van der Waals surface area contributed by atoms with E-state index in [0.29, 0.717) is 22.2 Å². The van der Waals surface area contributed by atoms with Gasteiger partial charge in [-0.3, -0.25) is 9.48 Å². The quantitative estimate of drug-likeness (QED) is 0.301. The Hall–Kier alpha value is -3.88. The van der Waals surface area contributed by atoms with Crippen molar-refractivity contribution in [2.75, 3.05) is 12.4 Å². The van der Waals surface area contributed by atoms with Crippen molar-refractivity contribution in [1.29, 1.82) is 0 Å². The Bertz CT molecular complexity index is 1560. The van der Waals surface area contributed by atoms with Crippen molar-refractivity contribution in [2.24, 2.45) is 0 Å². The molecule has 1 N–H and O–H groups in total. The molecule has 1 amide bonds. The van der Waals surface area contributed by atoms with Gasteiger partial charge in [-0.2, -0.15) is 10.2 Å². The largest absolute Gasteiger partial charge is 0.497 e. The van der Waals surface area contributed by atoms with Crippen molar-refractivity contribution in [3.05, 3.63) is 88.3 Å². The van der Waals surface area contributed by atoms with E-state index < -0.39 is 0 Å². The summed E-state index contributed by atoms with van der Waals surface area (Å²) in [4.78, 5) is 17.4. The Morgan fingerprint density at radius 2 is 1.81 bits per heavy atom. The maximum Gasteiger partial charge on any atom is 0.247 e. The lowest BCUT2D eigenvalue weighted by Crippen LogP contribution is -2.20. The fraction of sp³-hybridized carbons (Fsp3) is 0.154. The highest BCUT2D eigenvalue weighted by Gasteiger charge is 2.18. The van der Waals surface area contributed by atoms with Gasteiger partial charge in [-0.25, -0.2) is 9.67 Å². The summed E-state index contributed by atoms with van der Waals surface area (Å²) in [5.74, 6) is 0.732. The maximum absolute atomic E-state index is 12.9. The predicted octanol–water partition coefficient (Wildman–Crippen LogP) is 5.61. The molecule has 3 aromatic heterocycles. The minimum atomic E-state index is -0.319. The van der Waals surface area contributed by atoms with E-state index in [1.54, 1.807) is 28.9 Å². The number of aryl methyl sites for hydroxylation is 1. The minimum absolute atomic E-state index is 0.0445. The molecule has 3 heterocycles. The molecule has 0 fully saturated rings. The van der Waals surface area contributed by atoms with Crippen molar-refractivity contribution < 1.29 is 9.53 Å². The van der Waals surface area contributed by atoms with E-state index in [1.165, 1.54) is 0 Å². The zero-order valence-electron chi connectivity index (χ0n) is 19.6. The van der Waals surface area contributed by atoms with Crippen LogP contribution in [0.4, 0.5) is 5.82 Å². The Balaban J connectivity index is 1.36. The first-order chi connectivity index (χ1) is 17.4. The number of fused-ring (bicyclic) bond motifs is 1. The standard InChI is InChI=1S/C26H22Cl2N6O2/c1-16-24-20(17-7-9-19(36-2)10-8-17)11-12-29-26(24)34(31-16)15-23(35)30-25-22(28)14-33(32-25)13-18-5-3-4-6-21(18)27/h3-12,14H,13,15H2,1-2H3,(H,30,32,35). The molecular formula is C26H22Cl2N6O2.